The molecule has 1 unspecified atom stereocenters. The number of aliphatic hydroxyl groups is 1. The SMILES string of the molecule is COc1ccc(N2CC=C[C@]34S[C@]5(C)C=CCOC(=O)[C@@H]5[C@H]3C(=O)N(CCCCCO)C4C2=O)cc1. The number of ether oxygens (including phenoxy) is 2. The highest BCUT2D eigenvalue weighted by Gasteiger charge is 2.74. The summed E-state index contributed by atoms with van der Waals surface area (Å²) in [6, 6.07) is 6.56. The minimum Gasteiger partial charge on any atom is -0.497 e. The Morgan fingerprint density at radius 3 is 2.56 bits per heavy atom. The number of fused-ring (bicyclic) bond motifs is 2. The zero-order chi connectivity index (χ0) is 25.5. The average Bonchev–Trinajstić information content (AvgIpc) is 3.12. The number of nitrogens with zero attached hydrogens (tertiary/aromatic N) is 2. The van der Waals surface area contributed by atoms with Gasteiger partial charge in [0.25, 0.3) is 5.91 Å². The third-order valence-electron chi connectivity index (χ3n) is 7.75. The van der Waals surface area contributed by atoms with E-state index in [1.807, 2.05) is 55.5 Å². The van der Waals surface area contributed by atoms with Gasteiger partial charge in [0.05, 0.1) is 23.7 Å². The summed E-state index contributed by atoms with van der Waals surface area (Å²) in [6.45, 7) is 3.01. The normalized spacial score (nSPS) is 33.1. The Morgan fingerprint density at radius 1 is 1.06 bits per heavy atom. The highest BCUT2D eigenvalue weighted by Crippen LogP contribution is 2.65. The fraction of sp³-hybridized carbons (Fsp3) is 0.519. The summed E-state index contributed by atoms with van der Waals surface area (Å²) in [6.07, 6.45) is 9.81. The molecule has 4 aliphatic rings. The Morgan fingerprint density at radius 2 is 1.83 bits per heavy atom. The number of hydrogen-bond donors (Lipinski definition) is 1. The molecule has 8 nitrogen and oxygen atoms in total. The molecule has 2 saturated heterocycles. The number of benzene rings is 1. The number of rotatable bonds is 7. The molecule has 192 valence electrons. The number of methoxy groups -OCH3 is 1. The quantitative estimate of drug-likeness (QED) is 0.341. The molecule has 2 fully saturated rings. The van der Waals surface area contributed by atoms with Crippen LogP contribution < -0.4 is 9.64 Å². The molecular weight excluding hydrogens is 480 g/mol. The number of carbonyl (C=O) groups excluding carboxylic acids is 3. The molecule has 1 N–H and O–H groups in total. The molecule has 4 heterocycles. The van der Waals surface area contributed by atoms with Crippen LogP contribution in [0.5, 0.6) is 5.75 Å². The summed E-state index contributed by atoms with van der Waals surface area (Å²) in [5, 5.41) is 9.20. The molecule has 0 radical (unpaired) electrons. The first-order valence-electron chi connectivity index (χ1n) is 12.5. The molecule has 5 atom stereocenters. The summed E-state index contributed by atoms with van der Waals surface area (Å²) in [5.41, 5.74) is 0.723. The zero-order valence-corrected chi connectivity index (χ0v) is 21.4. The van der Waals surface area contributed by atoms with E-state index in [1.54, 1.807) is 28.7 Å². The lowest BCUT2D eigenvalue weighted by Crippen LogP contribution is -2.53. The number of aliphatic hydroxyl groups excluding tert-OH is 1. The van der Waals surface area contributed by atoms with Crippen molar-refractivity contribution in [1.82, 2.24) is 4.90 Å². The number of carbonyl (C=O) groups is 3. The first-order valence-corrected chi connectivity index (χ1v) is 13.3. The molecule has 0 saturated carbocycles. The Balaban J connectivity index is 1.57. The number of esters is 1. The fourth-order valence-corrected chi connectivity index (χ4v) is 8.31. The summed E-state index contributed by atoms with van der Waals surface area (Å²) < 4.78 is 9.20. The zero-order valence-electron chi connectivity index (χ0n) is 20.6. The molecule has 5 rings (SSSR count). The van der Waals surface area contributed by atoms with E-state index >= 15 is 0 Å². The highest BCUT2D eigenvalue weighted by molar-refractivity contribution is 8.02. The van der Waals surface area contributed by atoms with E-state index in [4.69, 9.17) is 9.47 Å². The van der Waals surface area contributed by atoms with Crippen molar-refractivity contribution < 1.29 is 29.0 Å². The number of hydrogen-bond acceptors (Lipinski definition) is 7. The van der Waals surface area contributed by atoms with Crippen molar-refractivity contribution in [1.29, 1.82) is 0 Å². The van der Waals surface area contributed by atoms with Gasteiger partial charge in [0.15, 0.2) is 0 Å². The molecular formula is C27H32N2O6S. The van der Waals surface area contributed by atoms with Crippen molar-refractivity contribution in [2.75, 3.05) is 38.3 Å². The van der Waals surface area contributed by atoms with Crippen molar-refractivity contribution >= 4 is 35.2 Å². The number of cyclic esters (lactones) is 1. The molecule has 0 aliphatic carbocycles. The average molecular weight is 513 g/mol. The van der Waals surface area contributed by atoms with Gasteiger partial charge >= 0.3 is 5.97 Å². The number of anilines is 1. The van der Waals surface area contributed by atoms with Gasteiger partial charge < -0.3 is 24.4 Å². The topological polar surface area (TPSA) is 96.4 Å². The number of thioether (sulfide) groups is 1. The second-order valence-corrected chi connectivity index (χ2v) is 11.7. The van der Waals surface area contributed by atoms with E-state index in [9.17, 15) is 19.5 Å². The van der Waals surface area contributed by atoms with E-state index < -0.39 is 27.4 Å². The van der Waals surface area contributed by atoms with Gasteiger partial charge in [0.2, 0.25) is 5.91 Å². The summed E-state index contributed by atoms with van der Waals surface area (Å²) in [4.78, 5) is 44.9. The summed E-state index contributed by atoms with van der Waals surface area (Å²) >= 11 is 1.54. The van der Waals surface area contributed by atoms with Gasteiger partial charge in [-0.2, -0.15) is 0 Å². The minimum atomic E-state index is -0.882. The summed E-state index contributed by atoms with van der Waals surface area (Å²) in [5.74, 6) is -1.40. The van der Waals surface area contributed by atoms with Crippen LogP contribution in [-0.2, 0) is 19.1 Å². The maximum atomic E-state index is 14.3. The van der Waals surface area contributed by atoms with Crippen LogP contribution in [-0.4, -0.2) is 76.7 Å². The molecule has 9 heteroatoms. The molecule has 1 spiro atoms. The van der Waals surface area contributed by atoms with Crippen molar-refractivity contribution in [3.05, 3.63) is 48.6 Å². The van der Waals surface area contributed by atoms with E-state index in [-0.39, 0.29) is 31.0 Å². The lowest BCUT2D eigenvalue weighted by molar-refractivity contribution is -0.152. The third kappa shape index (κ3) is 3.84. The minimum absolute atomic E-state index is 0.0886. The molecule has 0 aromatic heterocycles. The van der Waals surface area contributed by atoms with Crippen LogP contribution in [0, 0.1) is 11.8 Å². The van der Waals surface area contributed by atoms with Gasteiger partial charge in [0.1, 0.15) is 18.4 Å². The Bertz CT molecular complexity index is 1100. The second-order valence-electron chi connectivity index (χ2n) is 9.89. The maximum Gasteiger partial charge on any atom is 0.311 e. The smallest absolute Gasteiger partial charge is 0.311 e. The predicted octanol–water partition coefficient (Wildman–Crippen LogP) is 2.56. The van der Waals surface area contributed by atoms with Crippen LogP contribution in [0.4, 0.5) is 5.69 Å². The number of likely N-dealkylation sites (tertiary alicyclic amines) is 1. The number of amides is 2. The Kier molecular flexibility index (Phi) is 6.63. The predicted molar refractivity (Wildman–Crippen MR) is 137 cm³/mol. The fourth-order valence-electron chi connectivity index (χ4n) is 6.16. The van der Waals surface area contributed by atoms with Crippen LogP contribution in [0.3, 0.4) is 0 Å². The number of unbranched alkanes of at least 4 members (excludes halogenated alkanes) is 2. The summed E-state index contributed by atoms with van der Waals surface area (Å²) in [7, 11) is 1.59. The van der Waals surface area contributed by atoms with Crippen LogP contribution in [0.15, 0.2) is 48.6 Å². The van der Waals surface area contributed by atoms with E-state index in [2.05, 4.69) is 0 Å². The van der Waals surface area contributed by atoms with Crippen LogP contribution >= 0.6 is 11.8 Å². The Hall–Kier alpha value is -2.78. The van der Waals surface area contributed by atoms with Gasteiger partial charge in [-0.1, -0.05) is 18.2 Å². The maximum absolute atomic E-state index is 14.3. The first-order chi connectivity index (χ1) is 17.4. The first kappa shape index (κ1) is 24.9. The van der Waals surface area contributed by atoms with E-state index in [0.717, 1.165) is 12.1 Å². The largest absolute Gasteiger partial charge is 0.497 e. The van der Waals surface area contributed by atoms with Gasteiger partial charge in [-0.3, -0.25) is 14.4 Å². The second kappa shape index (κ2) is 9.59. The van der Waals surface area contributed by atoms with E-state index in [1.165, 1.54) is 0 Å². The molecule has 4 aliphatic heterocycles. The highest BCUT2D eigenvalue weighted by atomic mass is 32.2. The third-order valence-corrected chi connectivity index (χ3v) is 9.55. The molecule has 1 aromatic rings. The van der Waals surface area contributed by atoms with Gasteiger partial charge in [-0.15, -0.1) is 11.8 Å². The van der Waals surface area contributed by atoms with Crippen molar-refractivity contribution in [2.24, 2.45) is 11.8 Å². The van der Waals surface area contributed by atoms with Crippen LogP contribution in [0.25, 0.3) is 0 Å². The standard InChI is InChI=1S/C27H32N2O6S/c1-26-12-7-17-35-25(33)21(26)20-23(31)29(14-4-3-5-16-30)22-24(32)28(15-6-13-27(20,22)36-26)18-8-10-19(34-2)11-9-18/h6-13,20-22,30H,3-5,14-17H2,1-2H3/t20-,21-,22?,26+,27-/m0/s1. The lowest BCUT2D eigenvalue weighted by Gasteiger charge is -2.36. The van der Waals surface area contributed by atoms with Crippen LogP contribution in [0.2, 0.25) is 0 Å². The van der Waals surface area contributed by atoms with Gasteiger partial charge in [0, 0.05) is 30.1 Å². The van der Waals surface area contributed by atoms with Crippen molar-refractivity contribution in [3.63, 3.8) is 0 Å². The molecule has 2 amide bonds. The lowest BCUT2D eigenvalue weighted by atomic mass is 9.75. The molecule has 36 heavy (non-hydrogen) atoms. The Labute approximate surface area is 215 Å². The van der Waals surface area contributed by atoms with E-state index in [0.29, 0.717) is 31.7 Å². The van der Waals surface area contributed by atoms with Crippen molar-refractivity contribution in [2.45, 2.75) is 41.7 Å². The van der Waals surface area contributed by atoms with Gasteiger partial charge in [-0.05, 0) is 56.5 Å². The van der Waals surface area contributed by atoms with Gasteiger partial charge in [-0.25, -0.2) is 0 Å². The van der Waals surface area contributed by atoms with Crippen molar-refractivity contribution in [3.8, 4) is 5.75 Å². The van der Waals surface area contributed by atoms with Crippen LogP contribution in [0.1, 0.15) is 26.2 Å². The molecule has 1 aromatic carbocycles. The molecule has 0 bridgehead atoms. The monoisotopic (exact) mass is 512 g/mol.